The van der Waals surface area contributed by atoms with Crippen LogP contribution in [0.4, 0.5) is 0 Å². The van der Waals surface area contributed by atoms with Crippen molar-refractivity contribution in [2.24, 2.45) is 5.41 Å². The van der Waals surface area contributed by atoms with Gasteiger partial charge >= 0.3 is 0 Å². The first-order valence-electron chi connectivity index (χ1n) is 7.49. The second-order valence-electron chi connectivity index (χ2n) is 6.23. The van der Waals surface area contributed by atoms with Crippen LogP contribution in [-0.2, 0) is 11.2 Å². The zero-order valence-electron chi connectivity index (χ0n) is 13.0. The molecule has 0 aliphatic carbocycles. The van der Waals surface area contributed by atoms with E-state index in [2.05, 4.69) is 23.5 Å². The van der Waals surface area contributed by atoms with Crippen LogP contribution >= 0.6 is 0 Å². The molecule has 4 heteroatoms. The lowest BCUT2D eigenvalue weighted by atomic mass is 9.87. The molecule has 2 aromatic carbocycles. The van der Waals surface area contributed by atoms with Crippen LogP contribution in [0.2, 0.25) is 0 Å². The molecule has 4 nitrogen and oxygen atoms in total. The summed E-state index contributed by atoms with van der Waals surface area (Å²) < 4.78 is 0. The van der Waals surface area contributed by atoms with E-state index in [4.69, 9.17) is 0 Å². The van der Waals surface area contributed by atoms with E-state index in [1.807, 2.05) is 24.3 Å². The first-order valence-corrected chi connectivity index (χ1v) is 7.49. The molecule has 2 aromatic rings. The summed E-state index contributed by atoms with van der Waals surface area (Å²) in [6, 6.07) is 14.2. The van der Waals surface area contributed by atoms with Crippen LogP contribution < -0.4 is 5.32 Å². The maximum absolute atomic E-state index is 11.9. The smallest absolute Gasteiger partial charge is 0.249 e. The number of hydrogen-bond acceptors (Lipinski definition) is 3. The van der Waals surface area contributed by atoms with E-state index >= 15 is 0 Å². The minimum absolute atomic E-state index is 0.245. The second kappa shape index (κ2) is 6.90. The van der Waals surface area contributed by atoms with Gasteiger partial charge in [0, 0.05) is 12.0 Å². The van der Waals surface area contributed by atoms with Gasteiger partial charge in [-0.2, -0.15) is 0 Å². The number of hydrogen-bond donors (Lipinski definition) is 3. The monoisotopic (exact) mass is 301 g/mol. The van der Waals surface area contributed by atoms with Gasteiger partial charge in [-0.3, -0.25) is 4.79 Å². The Morgan fingerprint density at radius 3 is 2.59 bits per heavy atom. The molecule has 0 aromatic heterocycles. The number of rotatable bonds is 6. The fraction of sp³-hybridized carbons (Fsp3) is 0.389. The van der Waals surface area contributed by atoms with Gasteiger partial charge in [0.2, 0.25) is 5.91 Å². The third kappa shape index (κ3) is 3.64. The van der Waals surface area contributed by atoms with Crippen LogP contribution in [0.25, 0.3) is 10.8 Å². The highest BCUT2D eigenvalue weighted by molar-refractivity contribution is 5.86. The molecule has 22 heavy (non-hydrogen) atoms. The van der Waals surface area contributed by atoms with E-state index in [9.17, 15) is 15.0 Å². The zero-order valence-corrected chi connectivity index (χ0v) is 13.0. The number of carbonyl (C=O) groups is 1. The number of carbonyl (C=O) groups excluding carboxylic acids is 1. The van der Waals surface area contributed by atoms with Crippen molar-refractivity contribution in [1.82, 2.24) is 5.32 Å². The van der Waals surface area contributed by atoms with Gasteiger partial charge in [-0.1, -0.05) is 56.3 Å². The molecule has 0 radical (unpaired) electrons. The van der Waals surface area contributed by atoms with Crippen molar-refractivity contribution in [2.45, 2.75) is 26.4 Å². The standard InChI is InChI=1S/C18H23NO3/c1-18(2,12-20)16(21)17(22)19-11-10-14-8-5-7-13-6-3-4-9-15(13)14/h3-9,16,20-21H,10-12H2,1-2H3,(H,19,22)/t16-/m0/s1. The fourth-order valence-electron chi connectivity index (χ4n) is 2.37. The summed E-state index contributed by atoms with van der Waals surface area (Å²) in [5.41, 5.74) is 0.318. The number of fused-ring (bicyclic) bond motifs is 1. The molecule has 1 amide bonds. The molecule has 0 heterocycles. The number of benzene rings is 2. The van der Waals surface area contributed by atoms with Crippen LogP contribution in [0, 0.1) is 5.41 Å². The Kier molecular flexibility index (Phi) is 5.16. The normalized spacial score (nSPS) is 13.1. The predicted octanol–water partition coefficient (Wildman–Crippen LogP) is 1.88. The predicted molar refractivity (Wildman–Crippen MR) is 87.5 cm³/mol. The van der Waals surface area contributed by atoms with Crippen LogP contribution in [0.5, 0.6) is 0 Å². The van der Waals surface area contributed by atoms with Gasteiger partial charge in [0.1, 0.15) is 6.10 Å². The van der Waals surface area contributed by atoms with Gasteiger partial charge in [-0.05, 0) is 22.8 Å². The third-order valence-corrected chi connectivity index (χ3v) is 3.97. The highest BCUT2D eigenvalue weighted by atomic mass is 16.3. The lowest BCUT2D eigenvalue weighted by molar-refractivity contribution is -0.137. The Bertz CT molecular complexity index is 646. The van der Waals surface area contributed by atoms with Crippen molar-refractivity contribution < 1.29 is 15.0 Å². The number of aliphatic hydroxyl groups excluding tert-OH is 2. The Balaban J connectivity index is 1.97. The molecule has 0 fully saturated rings. The Morgan fingerprint density at radius 2 is 1.86 bits per heavy atom. The van der Waals surface area contributed by atoms with E-state index in [1.54, 1.807) is 13.8 Å². The van der Waals surface area contributed by atoms with Crippen molar-refractivity contribution in [1.29, 1.82) is 0 Å². The second-order valence-corrected chi connectivity index (χ2v) is 6.23. The third-order valence-electron chi connectivity index (χ3n) is 3.97. The van der Waals surface area contributed by atoms with Crippen molar-refractivity contribution in [3.05, 3.63) is 48.0 Å². The van der Waals surface area contributed by atoms with Gasteiger partial charge in [-0.25, -0.2) is 0 Å². The molecule has 0 bridgehead atoms. The minimum Gasteiger partial charge on any atom is -0.396 e. The highest BCUT2D eigenvalue weighted by Gasteiger charge is 2.32. The molecular weight excluding hydrogens is 278 g/mol. The average molecular weight is 301 g/mol. The van der Waals surface area contributed by atoms with E-state index in [0.717, 1.165) is 5.56 Å². The molecule has 0 saturated carbocycles. The van der Waals surface area contributed by atoms with Gasteiger partial charge < -0.3 is 15.5 Å². The summed E-state index contributed by atoms with van der Waals surface area (Å²) in [5.74, 6) is -0.445. The van der Waals surface area contributed by atoms with E-state index in [0.29, 0.717) is 13.0 Å². The molecule has 2 rings (SSSR count). The average Bonchev–Trinajstić information content (AvgIpc) is 2.54. The Labute approximate surface area is 130 Å². The summed E-state index contributed by atoms with van der Waals surface area (Å²) in [6.45, 7) is 3.51. The molecule has 0 spiro atoms. The van der Waals surface area contributed by atoms with E-state index in [1.165, 1.54) is 10.8 Å². The van der Waals surface area contributed by atoms with Gasteiger partial charge in [-0.15, -0.1) is 0 Å². The van der Waals surface area contributed by atoms with Crippen LogP contribution in [0.1, 0.15) is 19.4 Å². The lowest BCUT2D eigenvalue weighted by Crippen LogP contribution is -2.46. The molecule has 118 valence electrons. The summed E-state index contributed by atoms with van der Waals surface area (Å²) in [5, 5.41) is 24.2. The number of amides is 1. The highest BCUT2D eigenvalue weighted by Crippen LogP contribution is 2.20. The van der Waals surface area contributed by atoms with Crippen molar-refractivity contribution in [2.75, 3.05) is 13.2 Å². The van der Waals surface area contributed by atoms with Crippen LogP contribution in [-0.4, -0.2) is 35.4 Å². The maximum Gasteiger partial charge on any atom is 0.249 e. The van der Waals surface area contributed by atoms with Gasteiger partial charge in [0.15, 0.2) is 0 Å². The molecule has 0 saturated heterocycles. The first-order chi connectivity index (χ1) is 10.5. The number of aliphatic hydroxyl groups is 2. The molecule has 1 atom stereocenters. The van der Waals surface area contributed by atoms with E-state index in [-0.39, 0.29) is 6.61 Å². The minimum atomic E-state index is -1.22. The summed E-state index contributed by atoms with van der Waals surface area (Å²) in [6.07, 6.45) is -0.524. The summed E-state index contributed by atoms with van der Waals surface area (Å²) in [7, 11) is 0. The zero-order chi connectivity index (χ0) is 16.2. The Hall–Kier alpha value is -1.91. The molecular formula is C18H23NO3. The van der Waals surface area contributed by atoms with Crippen molar-refractivity contribution in [3.8, 4) is 0 Å². The van der Waals surface area contributed by atoms with Crippen LogP contribution in [0.15, 0.2) is 42.5 Å². The molecule has 0 aliphatic heterocycles. The largest absolute Gasteiger partial charge is 0.396 e. The fourth-order valence-corrected chi connectivity index (χ4v) is 2.37. The first kappa shape index (κ1) is 16.5. The molecule has 0 aliphatic rings. The topological polar surface area (TPSA) is 69.6 Å². The van der Waals surface area contributed by atoms with Crippen molar-refractivity contribution in [3.63, 3.8) is 0 Å². The molecule has 0 unspecified atom stereocenters. The van der Waals surface area contributed by atoms with E-state index < -0.39 is 17.4 Å². The van der Waals surface area contributed by atoms with Gasteiger partial charge in [0.25, 0.3) is 0 Å². The Morgan fingerprint density at radius 1 is 1.18 bits per heavy atom. The molecule has 3 N–H and O–H groups in total. The summed E-state index contributed by atoms with van der Waals surface area (Å²) >= 11 is 0. The van der Waals surface area contributed by atoms with Gasteiger partial charge in [0.05, 0.1) is 6.61 Å². The SMILES string of the molecule is CC(C)(CO)[C@@H](O)C(=O)NCCc1cccc2ccccc12. The maximum atomic E-state index is 11.9. The quantitative estimate of drug-likeness (QED) is 0.763. The summed E-state index contributed by atoms with van der Waals surface area (Å²) in [4.78, 5) is 11.9. The lowest BCUT2D eigenvalue weighted by Gasteiger charge is -2.27. The van der Waals surface area contributed by atoms with Crippen molar-refractivity contribution >= 4 is 16.7 Å². The number of nitrogens with one attached hydrogen (secondary N) is 1. The van der Waals surface area contributed by atoms with Crippen LogP contribution in [0.3, 0.4) is 0 Å².